The number of pyridine rings is 1. The zero-order valence-corrected chi connectivity index (χ0v) is 36.0. The SMILES string of the molecule is Cn1c(=O)n(C2CCC(=O)NC2=O)c2cccc(CCC3CC4(CCN(C[C@H]5CC[C@H](n6cc7cc(NC(=O)c8cccc(C(F)(F)F)n8)c(C(C)(C)O)cc7n6)CC5)CC4)C3)c21. The van der Waals surface area contributed by atoms with Gasteiger partial charge in [0.25, 0.3) is 5.91 Å². The number of piperidine rings is 2. The molecule has 2 aliphatic carbocycles. The average molecular weight is 869 g/mol. The number of hydrogen-bond acceptors (Lipinski definition) is 8. The summed E-state index contributed by atoms with van der Waals surface area (Å²) in [5.74, 6) is -0.251. The van der Waals surface area contributed by atoms with Gasteiger partial charge in [0.1, 0.15) is 17.4 Å². The topological polar surface area (TPSA) is 156 Å². The lowest BCUT2D eigenvalue weighted by Crippen LogP contribution is -2.48. The average Bonchev–Trinajstić information content (AvgIpc) is 3.76. The molecule has 63 heavy (non-hydrogen) atoms. The van der Waals surface area contributed by atoms with E-state index in [0.717, 1.165) is 92.3 Å². The minimum atomic E-state index is -4.69. The third-order valence-corrected chi connectivity index (χ3v) is 14.4. The number of nitrogens with zero attached hydrogens (tertiary/aromatic N) is 6. The quantitative estimate of drug-likeness (QED) is 0.123. The molecule has 9 rings (SSSR count). The first-order valence-electron chi connectivity index (χ1n) is 22.3. The molecule has 2 saturated heterocycles. The summed E-state index contributed by atoms with van der Waals surface area (Å²) in [5.41, 5.74) is 1.38. The van der Waals surface area contributed by atoms with E-state index in [1.807, 2.05) is 23.0 Å². The van der Waals surface area contributed by atoms with E-state index in [1.165, 1.54) is 31.7 Å². The number of imide groups is 1. The summed E-state index contributed by atoms with van der Waals surface area (Å²) >= 11 is 0. The van der Waals surface area contributed by atoms with Gasteiger partial charge >= 0.3 is 11.9 Å². The predicted octanol–water partition coefficient (Wildman–Crippen LogP) is 7.42. The molecule has 3 amide bonds. The summed E-state index contributed by atoms with van der Waals surface area (Å²) in [5, 5.41) is 21.7. The van der Waals surface area contributed by atoms with Gasteiger partial charge in [0.05, 0.1) is 28.2 Å². The maximum absolute atomic E-state index is 13.4. The van der Waals surface area contributed by atoms with E-state index in [0.29, 0.717) is 34.8 Å². The van der Waals surface area contributed by atoms with Crippen molar-refractivity contribution < 1.29 is 32.7 Å². The molecule has 4 fully saturated rings. The Morgan fingerprint density at radius 2 is 1.70 bits per heavy atom. The second-order valence-electron chi connectivity index (χ2n) is 19.2. The fourth-order valence-corrected chi connectivity index (χ4v) is 11.0. The van der Waals surface area contributed by atoms with Crippen molar-refractivity contribution in [3.05, 3.63) is 87.7 Å². The molecule has 3 N–H and O–H groups in total. The smallest absolute Gasteiger partial charge is 0.386 e. The number of hydrogen-bond donors (Lipinski definition) is 3. The lowest BCUT2D eigenvalue weighted by Gasteiger charge is -2.53. The number of likely N-dealkylation sites (tertiary alicyclic amines) is 1. The Bertz CT molecular complexity index is 2630. The number of carbonyl (C=O) groups excluding carboxylic acids is 3. The van der Waals surface area contributed by atoms with Crippen molar-refractivity contribution in [1.29, 1.82) is 0 Å². The molecule has 2 aromatic carbocycles. The van der Waals surface area contributed by atoms with Crippen molar-refractivity contribution in [1.82, 2.24) is 34.1 Å². The highest BCUT2D eigenvalue weighted by Crippen LogP contribution is 2.54. The van der Waals surface area contributed by atoms with Gasteiger partial charge in [-0.25, -0.2) is 9.78 Å². The molecule has 1 atom stereocenters. The van der Waals surface area contributed by atoms with Gasteiger partial charge in [0.15, 0.2) is 0 Å². The molecule has 2 saturated carbocycles. The number of aromatic nitrogens is 5. The number of fused-ring (bicyclic) bond motifs is 2. The van der Waals surface area contributed by atoms with Crippen LogP contribution in [0, 0.1) is 17.3 Å². The molecule has 0 bridgehead atoms. The van der Waals surface area contributed by atoms with E-state index in [9.17, 15) is 37.5 Å². The summed E-state index contributed by atoms with van der Waals surface area (Å²) < 4.78 is 45.0. The molecule has 13 nitrogen and oxygen atoms in total. The number of para-hydroxylation sites is 1. The number of benzene rings is 2. The maximum atomic E-state index is 13.4. The van der Waals surface area contributed by atoms with Crippen LogP contribution in [-0.4, -0.2) is 71.3 Å². The molecule has 1 unspecified atom stereocenters. The fourth-order valence-electron chi connectivity index (χ4n) is 11.0. The van der Waals surface area contributed by atoms with E-state index in [2.05, 4.69) is 26.6 Å². The summed E-state index contributed by atoms with van der Waals surface area (Å²) in [6, 6.07) is 12.1. The number of aliphatic hydroxyl groups is 1. The van der Waals surface area contributed by atoms with E-state index in [4.69, 9.17) is 5.10 Å². The second kappa shape index (κ2) is 16.3. The van der Waals surface area contributed by atoms with Gasteiger partial charge < -0.3 is 15.3 Å². The molecule has 1 spiro atoms. The van der Waals surface area contributed by atoms with Crippen LogP contribution in [0.3, 0.4) is 0 Å². The lowest BCUT2D eigenvalue weighted by molar-refractivity contribution is -0.141. The van der Waals surface area contributed by atoms with Crippen molar-refractivity contribution in [3.63, 3.8) is 0 Å². The number of carbonyl (C=O) groups is 3. The molecular formula is C47H55F3N8O5. The first-order chi connectivity index (χ1) is 29.9. The van der Waals surface area contributed by atoms with Crippen LogP contribution in [0.4, 0.5) is 18.9 Å². The largest absolute Gasteiger partial charge is 0.433 e. The second-order valence-corrected chi connectivity index (χ2v) is 19.2. The van der Waals surface area contributed by atoms with Gasteiger partial charge in [0, 0.05) is 42.8 Å². The highest BCUT2D eigenvalue weighted by molar-refractivity contribution is 6.04. The van der Waals surface area contributed by atoms with Crippen LogP contribution < -0.4 is 16.3 Å². The standard InChI is InChI=1S/C47H55F3N8O5/c1-45(2,63)33-23-35-31(22-36(33)52-42(60)34-7-5-9-39(51-34)47(48,49)50)27-57(54-35)32-14-11-28(12-15-32)26-56-20-18-46(19-21-56)24-29(25-46)10-13-30-6-4-8-37-41(30)55(3)44(62)58(37)38-16-17-40(59)53-43(38)61/h4-9,22-23,27-29,32,38,63H,10-21,24-26H2,1-3H3,(H,52,60)(H,53,59,61)/t28-,32-,38?. The van der Waals surface area contributed by atoms with Gasteiger partial charge in [-0.15, -0.1) is 0 Å². The Balaban J connectivity index is 0.759. The molecule has 16 heteroatoms. The molecular weight excluding hydrogens is 814 g/mol. The molecule has 5 aromatic rings. The molecule has 2 aliphatic heterocycles. The number of halogens is 3. The number of imidazole rings is 1. The number of nitrogens with one attached hydrogen (secondary N) is 2. The van der Waals surface area contributed by atoms with Crippen LogP contribution in [0.5, 0.6) is 0 Å². The zero-order chi connectivity index (χ0) is 44.4. The number of aryl methyl sites for hydroxylation is 2. The normalized spacial score (nSPS) is 22.4. The van der Waals surface area contributed by atoms with E-state index >= 15 is 0 Å². The highest BCUT2D eigenvalue weighted by Gasteiger charge is 2.45. The first kappa shape index (κ1) is 42.9. The Morgan fingerprint density at radius 3 is 2.40 bits per heavy atom. The van der Waals surface area contributed by atoms with Gasteiger partial charge in [-0.3, -0.25) is 33.5 Å². The molecule has 0 radical (unpaired) electrons. The van der Waals surface area contributed by atoms with Crippen molar-refractivity contribution in [3.8, 4) is 0 Å². The van der Waals surface area contributed by atoms with Crippen LogP contribution in [0.1, 0.15) is 124 Å². The zero-order valence-electron chi connectivity index (χ0n) is 36.0. The van der Waals surface area contributed by atoms with Crippen molar-refractivity contribution in [2.45, 2.75) is 115 Å². The van der Waals surface area contributed by atoms with Gasteiger partial charge in [-0.05, 0) is 151 Å². The molecule has 4 aliphatic rings. The van der Waals surface area contributed by atoms with E-state index in [-0.39, 0.29) is 35.4 Å². The Morgan fingerprint density at radius 1 is 0.968 bits per heavy atom. The number of anilines is 1. The Labute approximate surface area is 363 Å². The fraction of sp³-hybridized carbons (Fsp3) is 0.532. The third-order valence-electron chi connectivity index (χ3n) is 14.4. The summed E-state index contributed by atoms with van der Waals surface area (Å²) in [6.45, 7) is 6.52. The Kier molecular flexibility index (Phi) is 11.1. The van der Waals surface area contributed by atoms with Gasteiger partial charge in [0.2, 0.25) is 11.8 Å². The van der Waals surface area contributed by atoms with E-state index < -0.39 is 35.3 Å². The monoisotopic (exact) mass is 868 g/mol. The molecule has 334 valence electrons. The van der Waals surface area contributed by atoms with Crippen LogP contribution in [0.2, 0.25) is 0 Å². The van der Waals surface area contributed by atoms with Crippen molar-refractivity contribution in [2.24, 2.45) is 24.3 Å². The van der Waals surface area contributed by atoms with Crippen LogP contribution in [-0.2, 0) is 34.8 Å². The molecule has 3 aromatic heterocycles. The van der Waals surface area contributed by atoms with Crippen LogP contribution in [0.15, 0.2) is 59.5 Å². The van der Waals surface area contributed by atoms with E-state index in [1.54, 1.807) is 42.2 Å². The number of rotatable bonds is 10. The summed E-state index contributed by atoms with van der Waals surface area (Å²) in [7, 11) is 1.77. The number of amides is 3. The predicted molar refractivity (Wildman–Crippen MR) is 231 cm³/mol. The summed E-state index contributed by atoms with van der Waals surface area (Å²) in [6.07, 6.45) is 8.86. The Hall–Kier alpha value is -5.35. The summed E-state index contributed by atoms with van der Waals surface area (Å²) in [4.78, 5) is 57.1. The maximum Gasteiger partial charge on any atom is 0.433 e. The highest BCUT2D eigenvalue weighted by atomic mass is 19.4. The number of alkyl halides is 3. The van der Waals surface area contributed by atoms with Gasteiger partial charge in [-0.1, -0.05) is 18.2 Å². The first-order valence-corrected chi connectivity index (χ1v) is 22.3. The third kappa shape index (κ3) is 8.55. The van der Waals surface area contributed by atoms with Crippen LogP contribution in [0.25, 0.3) is 21.9 Å². The van der Waals surface area contributed by atoms with Crippen LogP contribution >= 0.6 is 0 Å². The van der Waals surface area contributed by atoms with Gasteiger partial charge in [-0.2, -0.15) is 18.3 Å². The van der Waals surface area contributed by atoms with Crippen molar-refractivity contribution in [2.75, 3.05) is 25.0 Å². The minimum Gasteiger partial charge on any atom is -0.386 e. The minimum absolute atomic E-state index is 0.213. The molecule has 5 heterocycles. The lowest BCUT2D eigenvalue weighted by atomic mass is 9.56. The van der Waals surface area contributed by atoms with Crippen molar-refractivity contribution >= 4 is 45.3 Å².